The van der Waals surface area contributed by atoms with E-state index in [4.69, 9.17) is 13.3 Å². The molecule has 0 amide bonds. The molecular formula is C29H58N4O9Si. The van der Waals surface area contributed by atoms with E-state index in [1.54, 1.807) is 0 Å². The molecule has 0 aromatic carbocycles. The van der Waals surface area contributed by atoms with Gasteiger partial charge in [-0.15, -0.1) is 0 Å². The van der Waals surface area contributed by atoms with Crippen molar-refractivity contribution >= 4 is 26.7 Å². The first-order valence-corrected chi connectivity index (χ1v) is 18.0. The van der Waals surface area contributed by atoms with Crippen molar-refractivity contribution in [1.82, 2.24) is 19.6 Å². The first kappa shape index (κ1) is 39.4. The second-order valence-corrected chi connectivity index (χ2v) is 13.7. The van der Waals surface area contributed by atoms with E-state index in [1.807, 2.05) is 20.8 Å². The van der Waals surface area contributed by atoms with E-state index in [2.05, 4.69) is 19.6 Å². The van der Waals surface area contributed by atoms with Crippen LogP contribution in [0.3, 0.4) is 0 Å². The molecule has 0 atom stereocenters. The summed E-state index contributed by atoms with van der Waals surface area (Å²) >= 11 is 0. The van der Waals surface area contributed by atoms with Crippen LogP contribution in [0.5, 0.6) is 0 Å². The van der Waals surface area contributed by atoms with E-state index < -0.39 is 26.7 Å². The lowest BCUT2D eigenvalue weighted by Crippen LogP contribution is -2.46. The van der Waals surface area contributed by atoms with Gasteiger partial charge in [-0.2, -0.15) is 0 Å². The molecule has 3 N–H and O–H groups in total. The second-order valence-electron chi connectivity index (χ2n) is 10.9. The zero-order valence-corrected chi connectivity index (χ0v) is 27.8. The molecule has 1 rings (SSSR count). The fourth-order valence-electron chi connectivity index (χ4n) is 5.46. The summed E-state index contributed by atoms with van der Waals surface area (Å²) in [7, 11) is -2.73. The van der Waals surface area contributed by atoms with Crippen molar-refractivity contribution in [3.8, 4) is 0 Å². The highest BCUT2D eigenvalue weighted by molar-refractivity contribution is 6.60. The number of hydrogen-bond acceptors (Lipinski definition) is 10. The van der Waals surface area contributed by atoms with Crippen molar-refractivity contribution in [2.75, 3.05) is 98.4 Å². The van der Waals surface area contributed by atoms with Crippen LogP contribution in [0.15, 0.2) is 0 Å². The van der Waals surface area contributed by atoms with E-state index in [1.165, 1.54) is 0 Å². The first-order valence-electron chi connectivity index (χ1n) is 16.1. The maximum absolute atomic E-state index is 11.3. The third-order valence-electron chi connectivity index (χ3n) is 7.55. The number of carbonyl (C=O) groups is 3. The lowest BCUT2D eigenvalue weighted by atomic mass is 10.2. The van der Waals surface area contributed by atoms with Gasteiger partial charge in [-0.1, -0.05) is 0 Å². The molecule has 14 heteroatoms. The van der Waals surface area contributed by atoms with Crippen molar-refractivity contribution in [3.63, 3.8) is 0 Å². The number of aliphatic carboxylic acids is 3. The third-order valence-corrected chi connectivity index (χ3v) is 10.7. The highest BCUT2D eigenvalue weighted by atomic mass is 28.4. The van der Waals surface area contributed by atoms with Gasteiger partial charge in [0, 0.05) is 58.6 Å². The summed E-state index contributed by atoms with van der Waals surface area (Å²) in [6.07, 6.45) is 3.65. The zero-order chi connectivity index (χ0) is 31.9. The van der Waals surface area contributed by atoms with Gasteiger partial charge in [-0.3, -0.25) is 14.4 Å². The fourth-order valence-corrected chi connectivity index (χ4v) is 8.05. The predicted octanol–water partition coefficient (Wildman–Crippen LogP) is 2.24. The zero-order valence-electron chi connectivity index (χ0n) is 26.8. The summed E-state index contributed by atoms with van der Waals surface area (Å²) in [5.74, 6) is -2.48. The Balaban J connectivity index is 3.00. The van der Waals surface area contributed by atoms with Crippen molar-refractivity contribution < 1.29 is 43.0 Å². The Labute approximate surface area is 259 Å². The van der Waals surface area contributed by atoms with Crippen LogP contribution in [0.1, 0.15) is 65.7 Å². The van der Waals surface area contributed by atoms with Crippen LogP contribution in [-0.2, 0) is 27.7 Å². The number of nitrogens with zero attached hydrogens (tertiary/aromatic N) is 4. The Morgan fingerprint density at radius 3 is 1.14 bits per heavy atom. The molecule has 1 fully saturated rings. The summed E-state index contributed by atoms with van der Waals surface area (Å²) < 4.78 is 18.1. The maximum Gasteiger partial charge on any atom is 0.500 e. The van der Waals surface area contributed by atoms with Gasteiger partial charge in [0.25, 0.3) is 0 Å². The molecule has 0 aromatic heterocycles. The van der Waals surface area contributed by atoms with Gasteiger partial charge in [0.2, 0.25) is 0 Å². The third kappa shape index (κ3) is 19.4. The highest BCUT2D eigenvalue weighted by Gasteiger charge is 2.39. The molecule has 0 unspecified atom stereocenters. The van der Waals surface area contributed by atoms with E-state index in [0.717, 1.165) is 71.0 Å². The predicted molar refractivity (Wildman–Crippen MR) is 166 cm³/mol. The number of carboxylic acid groups (broad SMARTS) is 3. The molecule has 1 aliphatic heterocycles. The van der Waals surface area contributed by atoms with Gasteiger partial charge in [-0.05, 0) is 92.3 Å². The lowest BCUT2D eigenvalue weighted by molar-refractivity contribution is -0.138. The quantitative estimate of drug-likeness (QED) is 0.178. The molecular weight excluding hydrogens is 576 g/mol. The Kier molecular flexibility index (Phi) is 21.7. The molecule has 1 aliphatic rings. The minimum absolute atomic E-state index is 0.0485. The van der Waals surface area contributed by atoms with Crippen LogP contribution in [-0.4, -0.2) is 160 Å². The molecule has 13 nitrogen and oxygen atoms in total. The van der Waals surface area contributed by atoms with Gasteiger partial charge in [0.1, 0.15) is 0 Å². The number of hydrogen-bond donors (Lipinski definition) is 3. The van der Waals surface area contributed by atoms with Crippen LogP contribution in [0.4, 0.5) is 0 Å². The minimum atomic E-state index is -2.73. The maximum atomic E-state index is 11.3. The molecule has 0 bridgehead atoms. The van der Waals surface area contributed by atoms with Gasteiger partial charge in [0.15, 0.2) is 0 Å². The van der Waals surface area contributed by atoms with Gasteiger partial charge in [-0.25, -0.2) is 0 Å². The van der Waals surface area contributed by atoms with Crippen LogP contribution in [0.25, 0.3) is 0 Å². The van der Waals surface area contributed by atoms with E-state index >= 15 is 0 Å². The van der Waals surface area contributed by atoms with E-state index in [0.29, 0.717) is 59.1 Å². The van der Waals surface area contributed by atoms with Crippen LogP contribution in [0, 0.1) is 0 Å². The SMILES string of the molecule is CCO[Si](CCCN1CCCN(CCC(=O)O)CCCN(CCC(=O)O)CCN(CCC(=O)O)CCC1)(OCC)OCC. The average Bonchev–Trinajstić information content (AvgIpc) is 2.94. The number of rotatable bonds is 19. The molecule has 0 radical (unpaired) electrons. The lowest BCUT2D eigenvalue weighted by Gasteiger charge is -2.30. The smallest absolute Gasteiger partial charge is 0.481 e. The van der Waals surface area contributed by atoms with Gasteiger partial charge < -0.3 is 48.2 Å². The monoisotopic (exact) mass is 634 g/mol. The Bertz CT molecular complexity index is 763. The van der Waals surface area contributed by atoms with Crippen molar-refractivity contribution in [2.24, 2.45) is 0 Å². The molecule has 252 valence electrons. The minimum Gasteiger partial charge on any atom is -0.481 e. The van der Waals surface area contributed by atoms with Crippen LogP contribution >= 0.6 is 0 Å². The standard InChI is InChI=1S/C29H58N4O9Si/c1-4-40-43(41-5-2,42-6-3)26-10-20-30-14-7-16-31(21-11-27(34)35)17-9-19-33(23-13-29(38)39)25-24-32(18-8-15-30)22-12-28(36)37/h4-26H2,1-3H3,(H,34,35)(H,36,37)(H,38,39). The summed E-state index contributed by atoms with van der Waals surface area (Å²) in [5, 5.41) is 27.8. The Morgan fingerprint density at radius 2 is 0.837 bits per heavy atom. The fraction of sp³-hybridized carbons (Fsp3) is 0.897. The molecule has 0 saturated carbocycles. The Hall–Kier alpha value is -1.65. The molecule has 43 heavy (non-hydrogen) atoms. The molecule has 0 aromatic rings. The molecule has 1 saturated heterocycles. The average molecular weight is 635 g/mol. The summed E-state index contributed by atoms with van der Waals surface area (Å²) in [5.41, 5.74) is 0. The molecule has 0 aliphatic carbocycles. The summed E-state index contributed by atoms with van der Waals surface area (Å²) in [6.45, 7) is 15.8. The number of carboxylic acids is 3. The summed E-state index contributed by atoms with van der Waals surface area (Å²) in [6, 6.07) is 0.737. The first-order chi connectivity index (χ1) is 20.6. The highest BCUT2D eigenvalue weighted by Crippen LogP contribution is 2.19. The van der Waals surface area contributed by atoms with Crippen LogP contribution < -0.4 is 0 Å². The second kappa shape index (κ2) is 23.7. The topological polar surface area (TPSA) is 153 Å². The summed E-state index contributed by atoms with van der Waals surface area (Å²) in [4.78, 5) is 42.8. The molecule has 0 spiro atoms. The van der Waals surface area contributed by atoms with Crippen molar-refractivity contribution in [1.29, 1.82) is 0 Å². The van der Waals surface area contributed by atoms with E-state index in [-0.39, 0.29) is 19.3 Å². The normalized spacial score (nSPS) is 18.2. The van der Waals surface area contributed by atoms with E-state index in [9.17, 15) is 29.7 Å². The van der Waals surface area contributed by atoms with Gasteiger partial charge in [0.05, 0.1) is 19.3 Å². The van der Waals surface area contributed by atoms with Crippen molar-refractivity contribution in [2.45, 2.75) is 71.8 Å². The van der Waals surface area contributed by atoms with Gasteiger partial charge >= 0.3 is 26.7 Å². The van der Waals surface area contributed by atoms with Crippen molar-refractivity contribution in [3.05, 3.63) is 0 Å². The largest absolute Gasteiger partial charge is 0.500 e. The Morgan fingerprint density at radius 1 is 0.535 bits per heavy atom. The molecule has 1 heterocycles. The van der Waals surface area contributed by atoms with Crippen LogP contribution in [0.2, 0.25) is 6.04 Å².